The zero-order valence-corrected chi connectivity index (χ0v) is 11.1. The predicted molar refractivity (Wildman–Crippen MR) is 63.1 cm³/mol. The number of aromatic nitrogens is 3. The van der Waals surface area contributed by atoms with Crippen LogP contribution >= 0.6 is 15.9 Å². The molecule has 0 aliphatic rings. The van der Waals surface area contributed by atoms with Crippen LogP contribution in [0, 0.1) is 5.92 Å². The number of methoxy groups -OCH3 is 1. The first-order valence-corrected chi connectivity index (χ1v) is 6.30. The topological polar surface area (TPSA) is 39.9 Å². The normalized spacial score (nSPS) is 13.1. The summed E-state index contributed by atoms with van der Waals surface area (Å²) in [5.41, 5.74) is 0. The maximum Gasteiger partial charge on any atom is 0.143 e. The van der Waals surface area contributed by atoms with Gasteiger partial charge in [-0.15, -0.1) is 10.2 Å². The van der Waals surface area contributed by atoms with E-state index in [1.807, 2.05) is 0 Å². The number of ether oxygens (including phenoxy) is 1. The summed E-state index contributed by atoms with van der Waals surface area (Å²) in [6.07, 6.45) is 0.918. The van der Waals surface area contributed by atoms with E-state index in [1.54, 1.807) is 7.11 Å². The summed E-state index contributed by atoms with van der Waals surface area (Å²) in [5.74, 6) is 2.53. The molecule has 0 aliphatic carbocycles. The first kappa shape index (κ1) is 12.6. The van der Waals surface area contributed by atoms with Gasteiger partial charge in [0, 0.05) is 26.7 Å². The highest BCUT2D eigenvalue weighted by atomic mass is 79.9. The van der Waals surface area contributed by atoms with Crippen molar-refractivity contribution in [2.75, 3.05) is 13.7 Å². The van der Waals surface area contributed by atoms with Crippen LogP contribution in [0.25, 0.3) is 0 Å². The molecular weight excluding hydrogens is 258 g/mol. The lowest BCUT2D eigenvalue weighted by Crippen LogP contribution is -2.12. The molecule has 1 rings (SSSR count). The van der Waals surface area contributed by atoms with Crippen LogP contribution < -0.4 is 0 Å². The van der Waals surface area contributed by atoms with Crippen molar-refractivity contribution in [2.45, 2.75) is 32.1 Å². The minimum atomic E-state index is 0.479. The highest BCUT2D eigenvalue weighted by molar-refractivity contribution is 9.08. The van der Waals surface area contributed by atoms with Gasteiger partial charge >= 0.3 is 0 Å². The van der Waals surface area contributed by atoms with Gasteiger partial charge in [-0.05, 0) is 12.8 Å². The minimum Gasteiger partial charge on any atom is -0.384 e. The molecule has 1 heterocycles. The molecule has 0 spiro atoms. The molecule has 0 aromatic carbocycles. The van der Waals surface area contributed by atoms with E-state index in [0.717, 1.165) is 36.6 Å². The summed E-state index contributed by atoms with van der Waals surface area (Å²) in [7, 11) is 1.73. The number of rotatable bonds is 6. The molecule has 0 bridgehead atoms. The van der Waals surface area contributed by atoms with E-state index in [1.165, 1.54) is 0 Å². The van der Waals surface area contributed by atoms with Crippen LogP contribution in [0.1, 0.15) is 25.5 Å². The standard InChI is InChI=1S/C10H18BrN3O/c1-4-14-9(5-8(2)7-15-3)12-13-10(14)6-11/h8H,4-7H2,1-3H3. The third kappa shape index (κ3) is 3.28. The van der Waals surface area contributed by atoms with Crippen LogP contribution in [0.4, 0.5) is 0 Å². The Morgan fingerprint density at radius 1 is 1.40 bits per heavy atom. The number of nitrogens with zero attached hydrogens (tertiary/aromatic N) is 3. The molecule has 0 saturated heterocycles. The molecule has 1 atom stereocenters. The average Bonchev–Trinajstić information content (AvgIpc) is 2.60. The van der Waals surface area contributed by atoms with Gasteiger partial charge in [-0.25, -0.2) is 0 Å². The Labute approximate surface area is 99.2 Å². The van der Waals surface area contributed by atoms with Gasteiger partial charge in [0.05, 0.1) is 5.33 Å². The lowest BCUT2D eigenvalue weighted by atomic mass is 10.1. The molecular formula is C10H18BrN3O. The van der Waals surface area contributed by atoms with Crippen LogP contribution in [0.5, 0.6) is 0 Å². The average molecular weight is 276 g/mol. The minimum absolute atomic E-state index is 0.479. The fourth-order valence-electron chi connectivity index (χ4n) is 1.64. The molecule has 86 valence electrons. The van der Waals surface area contributed by atoms with Crippen LogP contribution in [0.2, 0.25) is 0 Å². The summed E-state index contributed by atoms with van der Waals surface area (Å²) in [6.45, 7) is 5.95. The second-order valence-electron chi connectivity index (χ2n) is 3.67. The van der Waals surface area contributed by atoms with Gasteiger partial charge < -0.3 is 9.30 Å². The Bertz CT molecular complexity index is 301. The monoisotopic (exact) mass is 275 g/mol. The third-order valence-corrected chi connectivity index (χ3v) is 2.82. The third-order valence-electron chi connectivity index (χ3n) is 2.32. The summed E-state index contributed by atoms with van der Waals surface area (Å²) in [4.78, 5) is 0. The molecule has 1 aromatic heterocycles. The summed E-state index contributed by atoms with van der Waals surface area (Å²) in [6, 6.07) is 0. The second-order valence-corrected chi connectivity index (χ2v) is 4.24. The van der Waals surface area contributed by atoms with Crippen LogP contribution in [0.15, 0.2) is 0 Å². The molecule has 0 fully saturated rings. The zero-order valence-electron chi connectivity index (χ0n) is 9.53. The Morgan fingerprint density at radius 2 is 2.07 bits per heavy atom. The smallest absolute Gasteiger partial charge is 0.143 e. The van der Waals surface area contributed by atoms with Crippen LogP contribution in [0.3, 0.4) is 0 Å². The predicted octanol–water partition coefficient (Wildman–Crippen LogP) is 2.02. The molecule has 5 heteroatoms. The van der Waals surface area contributed by atoms with Crippen LogP contribution in [-0.2, 0) is 23.0 Å². The van der Waals surface area contributed by atoms with Crippen molar-refractivity contribution < 1.29 is 4.74 Å². The molecule has 0 amide bonds. The maximum absolute atomic E-state index is 5.12. The van der Waals surface area contributed by atoms with E-state index >= 15 is 0 Å². The number of alkyl halides is 1. The van der Waals surface area contributed by atoms with Crippen molar-refractivity contribution >= 4 is 15.9 Å². The van der Waals surface area contributed by atoms with Crippen molar-refractivity contribution in [1.82, 2.24) is 14.8 Å². The molecule has 0 saturated carbocycles. The van der Waals surface area contributed by atoms with Crippen molar-refractivity contribution in [3.05, 3.63) is 11.6 Å². The van der Waals surface area contributed by atoms with E-state index in [2.05, 4.69) is 44.5 Å². The van der Waals surface area contributed by atoms with Gasteiger partial charge in [0.2, 0.25) is 0 Å². The van der Waals surface area contributed by atoms with E-state index in [9.17, 15) is 0 Å². The van der Waals surface area contributed by atoms with Crippen molar-refractivity contribution in [2.24, 2.45) is 5.92 Å². The van der Waals surface area contributed by atoms with Crippen molar-refractivity contribution in [3.63, 3.8) is 0 Å². The fourth-order valence-corrected chi connectivity index (χ4v) is 2.06. The van der Waals surface area contributed by atoms with Crippen LogP contribution in [-0.4, -0.2) is 28.5 Å². The van der Waals surface area contributed by atoms with Gasteiger partial charge in [0.15, 0.2) is 0 Å². The Morgan fingerprint density at radius 3 is 2.60 bits per heavy atom. The fraction of sp³-hybridized carbons (Fsp3) is 0.800. The number of halogens is 1. The Balaban J connectivity index is 2.71. The number of hydrogen-bond donors (Lipinski definition) is 0. The van der Waals surface area contributed by atoms with E-state index < -0.39 is 0 Å². The maximum atomic E-state index is 5.12. The summed E-state index contributed by atoms with van der Waals surface area (Å²) in [5, 5.41) is 9.11. The molecule has 1 unspecified atom stereocenters. The highest BCUT2D eigenvalue weighted by Crippen LogP contribution is 2.11. The van der Waals surface area contributed by atoms with E-state index in [0.29, 0.717) is 5.92 Å². The van der Waals surface area contributed by atoms with Gasteiger partial charge in [0.25, 0.3) is 0 Å². The number of hydrogen-bond acceptors (Lipinski definition) is 3. The first-order chi connectivity index (χ1) is 7.22. The van der Waals surface area contributed by atoms with E-state index in [4.69, 9.17) is 4.74 Å². The van der Waals surface area contributed by atoms with Gasteiger partial charge in [0.1, 0.15) is 11.6 Å². The van der Waals surface area contributed by atoms with Gasteiger partial charge in [-0.1, -0.05) is 22.9 Å². The van der Waals surface area contributed by atoms with Gasteiger partial charge in [-0.2, -0.15) is 0 Å². The SMILES string of the molecule is CCn1c(CBr)nnc1CC(C)COC. The van der Waals surface area contributed by atoms with E-state index in [-0.39, 0.29) is 0 Å². The Kier molecular flexibility index (Phi) is 5.25. The lowest BCUT2D eigenvalue weighted by molar-refractivity contribution is 0.158. The molecule has 4 nitrogen and oxygen atoms in total. The summed E-state index contributed by atoms with van der Waals surface area (Å²) < 4.78 is 7.27. The van der Waals surface area contributed by atoms with Gasteiger partial charge in [-0.3, -0.25) is 0 Å². The lowest BCUT2D eigenvalue weighted by Gasteiger charge is -2.10. The molecule has 15 heavy (non-hydrogen) atoms. The van der Waals surface area contributed by atoms with Crippen molar-refractivity contribution in [3.8, 4) is 0 Å². The molecule has 1 aromatic rings. The van der Waals surface area contributed by atoms with Crippen molar-refractivity contribution in [1.29, 1.82) is 0 Å². The molecule has 0 radical (unpaired) electrons. The highest BCUT2D eigenvalue weighted by Gasteiger charge is 2.12. The molecule has 0 N–H and O–H groups in total. The Hall–Kier alpha value is -0.420. The largest absolute Gasteiger partial charge is 0.384 e. The second kappa shape index (κ2) is 6.23. The zero-order chi connectivity index (χ0) is 11.3. The quantitative estimate of drug-likeness (QED) is 0.746. The first-order valence-electron chi connectivity index (χ1n) is 5.18. The summed E-state index contributed by atoms with van der Waals surface area (Å²) >= 11 is 3.41. The molecule has 0 aliphatic heterocycles.